The predicted octanol–water partition coefficient (Wildman–Crippen LogP) is 3.30. The van der Waals surface area contributed by atoms with Gasteiger partial charge in [-0.3, -0.25) is 14.4 Å². The molecule has 0 saturated carbocycles. The van der Waals surface area contributed by atoms with Gasteiger partial charge in [-0.25, -0.2) is 0 Å². The molecule has 0 atom stereocenters. The predicted molar refractivity (Wildman–Crippen MR) is 96.9 cm³/mol. The van der Waals surface area contributed by atoms with E-state index in [0.717, 1.165) is 0 Å². The molecule has 5 nitrogen and oxygen atoms in total. The van der Waals surface area contributed by atoms with Crippen molar-refractivity contribution < 1.29 is 23.9 Å². The third kappa shape index (κ3) is 3.82. The summed E-state index contributed by atoms with van der Waals surface area (Å²) in [5, 5.41) is 0. The lowest BCUT2D eigenvalue weighted by molar-refractivity contribution is -0.163. The molecule has 26 heavy (non-hydrogen) atoms. The minimum absolute atomic E-state index is 0.135. The van der Waals surface area contributed by atoms with E-state index in [1.54, 1.807) is 62.4 Å². The molecule has 2 rings (SSSR count). The van der Waals surface area contributed by atoms with Crippen LogP contribution < -0.4 is 0 Å². The van der Waals surface area contributed by atoms with Crippen molar-refractivity contribution in [1.29, 1.82) is 0 Å². The lowest BCUT2D eigenvalue weighted by atomic mass is 9.81. The molecule has 0 amide bonds. The van der Waals surface area contributed by atoms with Crippen LogP contribution in [0.4, 0.5) is 0 Å². The normalized spacial score (nSPS) is 10.9. The highest BCUT2D eigenvalue weighted by Crippen LogP contribution is 2.29. The van der Waals surface area contributed by atoms with Gasteiger partial charge >= 0.3 is 11.9 Å². The fourth-order valence-corrected chi connectivity index (χ4v) is 2.60. The Balaban J connectivity index is 2.48. The van der Waals surface area contributed by atoms with E-state index in [1.165, 1.54) is 6.92 Å². The molecule has 0 heterocycles. The topological polar surface area (TPSA) is 69.7 Å². The zero-order valence-corrected chi connectivity index (χ0v) is 15.2. The van der Waals surface area contributed by atoms with E-state index in [0.29, 0.717) is 16.7 Å². The average Bonchev–Trinajstić information content (AvgIpc) is 2.67. The van der Waals surface area contributed by atoms with Gasteiger partial charge in [-0.2, -0.15) is 0 Å². The summed E-state index contributed by atoms with van der Waals surface area (Å²) in [6, 6.07) is 15.3. The summed E-state index contributed by atoms with van der Waals surface area (Å²) in [6.45, 7) is 5.06. The standard InChI is InChI=1S/C21H22O5/c1-4-25-19(23)21(3,20(24)26-5-2)17-13-9-12-16(14-17)18(22)15-10-7-6-8-11-15/h6-14H,4-5H2,1-3H3. The Labute approximate surface area is 152 Å². The van der Waals surface area contributed by atoms with Gasteiger partial charge in [0.25, 0.3) is 0 Å². The van der Waals surface area contributed by atoms with Gasteiger partial charge in [0.15, 0.2) is 11.2 Å². The first-order valence-electron chi connectivity index (χ1n) is 8.49. The third-order valence-electron chi connectivity index (χ3n) is 4.11. The fourth-order valence-electron chi connectivity index (χ4n) is 2.60. The lowest BCUT2D eigenvalue weighted by Crippen LogP contribution is -2.43. The van der Waals surface area contributed by atoms with Crippen molar-refractivity contribution in [1.82, 2.24) is 0 Å². The number of hydrogen-bond donors (Lipinski definition) is 0. The van der Waals surface area contributed by atoms with Crippen LogP contribution in [0.2, 0.25) is 0 Å². The number of carbonyl (C=O) groups excluding carboxylic acids is 3. The van der Waals surface area contributed by atoms with Crippen LogP contribution in [0.15, 0.2) is 54.6 Å². The highest BCUT2D eigenvalue weighted by molar-refractivity contribution is 6.10. The first-order valence-corrected chi connectivity index (χ1v) is 8.49. The summed E-state index contributed by atoms with van der Waals surface area (Å²) in [4.78, 5) is 37.7. The van der Waals surface area contributed by atoms with Crippen molar-refractivity contribution in [2.24, 2.45) is 0 Å². The van der Waals surface area contributed by atoms with Crippen LogP contribution in [0, 0.1) is 0 Å². The van der Waals surface area contributed by atoms with Crippen molar-refractivity contribution in [3.05, 3.63) is 71.3 Å². The van der Waals surface area contributed by atoms with E-state index >= 15 is 0 Å². The van der Waals surface area contributed by atoms with Crippen molar-refractivity contribution in [3.63, 3.8) is 0 Å². The maximum atomic E-state index is 12.7. The Kier molecular flexibility index (Phi) is 6.28. The smallest absolute Gasteiger partial charge is 0.327 e. The molecule has 5 heteroatoms. The van der Waals surface area contributed by atoms with E-state index in [1.807, 2.05) is 6.07 Å². The Morgan fingerprint density at radius 2 is 1.35 bits per heavy atom. The molecule has 0 aromatic heterocycles. The van der Waals surface area contributed by atoms with E-state index in [4.69, 9.17) is 9.47 Å². The van der Waals surface area contributed by atoms with Crippen molar-refractivity contribution in [3.8, 4) is 0 Å². The molecule has 0 aliphatic rings. The van der Waals surface area contributed by atoms with Crippen molar-refractivity contribution >= 4 is 17.7 Å². The summed E-state index contributed by atoms with van der Waals surface area (Å²) in [5.74, 6) is -1.60. The molecule has 0 radical (unpaired) electrons. The molecule has 0 unspecified atom stereocenters. The minimum Gasteiger partial charge on any atom is -0.465 e. The Hall–Kier alpha value is -2.95. The number of ketones is 1. The molecule has 2 aromatic rings. The van der Waals surface area contributed by atoms with Crippen molar-refractivity contribution in [2.45, 2.75) is 26.2 Å². The molecular formula is C21H22O5. The second-order valence-electron chi connectivity index (χ2n) is 5.84. The van der Waals surface area contributed by atoms with Crippen LogP contribution in [0.1, 0.15) is 42.3 Å². The molecule has 0 aliphatic carbocycles. The first-order chi connectivity index (χ1) is 12.4. The maximum absolute atomic E-state index is 12.7. The summed E-state index contributed by atoms with van der Waals surface area (Å²) in [6.07, 6.45) is 0. The van der Waals surface area contributed by atoms with Gasteiger partial charge in [-0.05, 0) is 32.4 Å². The zero-order chi connectivity index (χ0) is 19.2. The summed E-state index contributed by atoms with van der Waals surface area (Å²) in [7, 11) is 0. The zero-order valence-electron chi connectivity index (χ0n) is 15.2. The number of rotatable bonds is 7. The maximum Gasteiger partial charge on any atom is 0.327 e. The van der Waals surface area contributed by atoms with Crippen LogP contribution in [-0.2, 0) is 24.5 Å². The summed E-state index contributed by atoms with van der Waals surface area (Å²) >= 11 is 0. The molecule has 2 aromatic carbocycles. The van der Waals surface area contributed by atoms with Gasteiger partial charge in [0.1, 0.15) is 0 Å². The molecule has 0 fully saturated rings. The monoisotopic (exact) mass is 354 g/mol. The number of benzene rings is 2. The molecule has 0 spiro atoms. The molecule has 0 saturated heterocycles. The number of carbonyl (C=O) groups is 3. The van der Waals surface area contributed by atoms with Crippen molar-refractivity contribution in [2.75, 3.05) is 13.2 Å². The largest absolute Gasteiger partial charge is 0.465 e. The summed E-state index contributed by atoms with van der Waals surface area (Å²) < 4.78 is 10.2. The second kappa shape index (κ2) is 8.43. The molecule has 0 N–H and O–H groups in total. The fraction of sp³-hybridized carbons (Fsp3) is 0.286. The van der Waals surface area contributed by atoms with Crippen LogP contribution in [0.5, 0.6) is 0 Å². The summed E-state index contributed by atoms with van der Waals surface area (Å²) in [5.41, 5.74) is -0.373. The van der Waals surface area contributed by atoms with Crippen LogP contribution in [0.3, 0.4) is 0 Å². The SMILES string of the molecule is CCOC(=O)C(C)(C(=O)OCC)c1cccc(C(=O)c2ccccc2)c1. The number of hydrogen-bond acceptors (Lipinski definition) is 5. The Morgan fingerprint density at radius 3 is 1.88 bits per heavy atom. The molecular weight excluding hydrogens is 332 g/mol. The molecule has 0 aliphatic heterocycles. The molecule has 0 bridgehead atoms. The Morgan fingerprint density at radius 1 is 0.808 bits per heavy atom. The third-order valence-corrected chi connectivity index (χ3v) is 4.11. The highest BCUT2D eigenvalue weighted by atomic mass is 16.6. The van der Waals surface area contributed by atoms with Crippen LogP contribution >= 0.6 is 0 Å². The Bertz CT molecular complexity index is 777. The van der Waals surface area contributed by atoms with Gasteiger partial charge in [0.2, 0.25) is 0 Å². The van der Waals surface area contributed by atoms with Crippen LogP contribution in [-0.4, -0.2) is 30.9 Å². The van der Waals surface area contributed by atoms with Gasteiger partial charge in [-0.15, -0.1) is 0 Å². The average molecular weight is 354 g/mol. The van der Waals surface area contributed by atoms with Gasteiger partial charge in [-0.1, -0.05) is 48.5 Å². The van der Waals surface area contributed by atoms with E-state index < -0.39 is 17.4 Å². The number of esters is 2. The lowest BCUT2D eigenvalue weighted by Gasteiger charge is -2.25. The number of ether oxygens (including phenoxy) is 2. The molecule has 136 valence electrons. The second-order valence-corrected chi connectivity index (χ2v) is 5.84. The van der Waals surface area contributed by atoms with Gasteiger partial charge in [0.05, 0.1) is 13.2 Å². The van der Waals surface area contributed by atoms with E-state index in [-0.39, 0.29) is 19.0 Å². The first kappa shape index (κ1) is 19.4. The van der Waals surface area contributed by atoms with Crippen LogP contribution in [0.25, 0.3) is 0 Å². The van der Waals surface area contributed by atoms with Gasteiger partial charge in [0, 0.05) is 11.1 Å². The van der Waals surface area contributed by atoms with E-state index in [9.17, 15) is 14.4 Å². The quantitative estimate of drug-likeness (QED) is 0.433. The van der Waals surface area contributed by atoms with Gasteiger partial charge < -0.3 is 9.47 Å². The highest BCUT2D eigenvalue weighted by Gasteiger charge is 2.46. The minimum atomic E-state index is -1.64. The van der Waals surface area contributed by atoms with E-state index in [2.05, 4.69) is 0 Å².